The minimum Gasteiger partial charge on any atom is -0.312 e. The molecular weight excluding hydrogens is 406 g/mol. The minimum atomic E-state index is -0.447. The van der Waals surface area contributed by atoms with Crippen molar-refractivity contribution in [2.75, 3.05) is 18.4 Å². The number of urea groups is 1. The van der Waals surface area contributed by atoms with Crippen molar-refractivity contribution in [1.82, 2.24) is 19.6 Å². The molecule has 3 aromatic rings. The van der Waals surface area contributed by atoms with Crippen molar-refractivity contribution >= 4 is 23.7 Å². The van der Waals surface area contributed by atoms with Gasteiger partial charge in [-0.1, -0.05) is 48.0 Å². The number of anilines is 1. The summed E-state index contributed by atoms with van der Waals surface area (Å²) in [5.74, 6) is -0.319. The monoisotopic (exact) mass is 429 g/mol. The van der Waals surface area contributed by atoms with Gasteiger partial charge in [-0.25, -0.2) is 9.48 Å². The van der Waals surface area contributed by atoms with Crippen molar-refractivity contribution < 1.29 is 14.4 Å². The molecule has 0 atom stereocenters. The smallest absolute Gasteiger partial charge is 0.312 e. The highest BCUT2D eigenvalue weighted by Crippen LogP contribution is 2.30. The molecule has 4 amide bonds. The molecular formula is C24H23N5O3. The molecule has 1 aromatic heterocycles. The highest BCUT2D eigenvalue weighted by atomic mass is 16.2. The van der Waals surface area contributed by atoms with E-state index in [0.717, 1.165) is 34.6 Å². The largest absolute Gasteiger partial charge is 0.327 e. The van der Waals surface area contributed by atoms with Gasteiger partial charge in [-0.3, -0.25) is 14.5 Å². The van der Waals surface area contributed by atoms with E-state index in [1.54, 1.807) is 15.6 Å². The molecule has 2 aliphatic rings. The van der Waals surface area contributed by atoms with Gasteiger partial charge in [-0.05, 0) is 31.9 Å². The van der Waals surface area contributed by atoms with Gasteiger partial charge in [0.05, 0.1) is 11.4 Å². The summed E-state index contributed by atoms with van der Waals surface area (Å²) in [5, 5.41) is 7.52. The summed E-state index contributed by atoms with van der Waals surface area (Å²) in [6.45, 7) is 1.75. The van der Waals surface area contributed by atoms with E-state index >= 15 is 0 Å². The summed E-state index contributed by atoms with van der Waals surface area (Å²) >= 11 is 0. The Labute approximate surface area is 185 Å². The van der Waals surface area contributed by atoms with E-state index in [-0.39, 0.29) is 31.1 Å². The average Bonchev–Trinajstić information content (AvgIpc) is 3.50. The van der Waals surface area contributed by atoms with Crippen LogP contribution in [0.5, 0.6) is 0 Å². The molecule has 0 bridgehead atoms. The number of para-hydroxylation sites is 1. The Hall–Kier alpha value is -3.94. The first-order valence-electron chi connectivity index (χ1n) is 10.6. The van der Waals surface area contributed by atoms with Crippen LogP contribution in [0.3, 0.4) is 0 Å². The number of hydrogen-bond donors (Lipinski definition) is 1. The third kappa shape index (κ3) is 3.87. The molecule has 1 aliphatic heterocycles. The van der Waals surface area contributed by atoms with E-state index in [1.165, 1.54) is 0 Å². The minimum absolute atomic E-state index is 0.0519. The summed E-state index contributed by atoms with van der Waals surface area (Å²) in [7, 11) is 0. The number of nitrogens with zero attached hydrogens (tertiary/aromatic N) is 4. The van der Waals surface area contributed by atoms with Gasteiger partial charge < -0.3 is 10.2 Å². The second kappa shape index (κ2) is 7.96. The second-order valence-corrected chi connectivity index (χ2v) is 8.20. The fraction of sp³-hybridized carbons (Fsp3) is 0.250. The van der Waals surface area contributed by atoms with Crippen molar-refractivity contribution in [3.8, 4) is 16.9 Å². The van der Waals surface area contributed by atoms with Gasteiger partial charge >= 0.3 is 6.03 Å². The molecule has 0 spiro atoms. The lowest BCUT2D eigenvalue weighted by atomic mass is 10.1. The van der Waals surface area contributed by atoms with Crippen LogP contribution in [0, 0.1) is 6.92 Å². The van der Waals surface area contributed by atoms with Crippen LogP contribution < -0.4 is 5.32 Å². The summed E-state index contributed by atoms with van der Waals surface area (Å²) in [6, 6.07) is 19.0. The highest BCUT2D eigenvalue weighted by Gasteiger charge is 2.44. The van der Waals surface area contributed by atoms with Crippen LogP contribution in [-0.2, 0) is 9.59 Å². The number of rotatable bonds is 6. The number of carbonyl (C=O) groups excluding carboxylic acids is 3. The number of aryl methyl sites for hydroxylation is 1. The molecule has 1 saturated heterocycles. The molecule has 0 unspecified atom stereocenters. The van der Waals surface area contributed by atoms with E-state index in [0.29, 0.717) is 11.5 Å². The molecule has 8 heteroatoms. The zero-order valence-electron chi connectivity index (χ0n) is 17.7. The Morgan fingerprint density at radius 1 is 1.06 bits per heavy atom. The lowest BCUT2D eigenvalue weighted by Gasteiger charge is -2.16. The van der Waals surface area contributed by atoms with Gasteiger partial charge in [-0.2, -0.15) is 5.10 Å². The summed E-state index contributed by atoms with van der Waals surface area (Å²) in [5.41, 5.74) is 3.56. The molecule has 162 valence electrons. The number of benzene rings is 2. The summed E-state index contributed by atoms with van der Waals surface area (Å²) in [4.78, 5) is 40.2. The average molecular weight is 429 g/mol. The van der Waals surface area contributed by atoms with E-state index in [2.05, 4.69) is 10.4 Å². The van der Waals surface area contributed by atoms with Crippen LogP contribution >= 0.6 is 0 Å². The second-order valence-electron chi connectivity index (χ2n) is 8.20. The molecule has 1 N–H and O–H groups in total. The van der Waals surface area contributed by atoms with Gasteiger partial charge in [0.2, 0.25) is 5.91 Å². The van der Waals surface area contributed by atoms with Crippen LogP contribution in [0.4, 0.5) is 10.6 Å². The van der Waals surface area contributed by atoms with E-state index in [1.807, 2.05) is 61.5 Å². The number of nitrogens with one attached hydrogen (secondary N) is 1. The van der Waals surface area contributed by atoms with Crippen LogP contribution in [0.25, 0.3) is 16.9 Å². The third-order valence-corrected chi connectivity index (χ3v) is 5.70. The van der Waals surface area contributed by atoms with Crippen LogP contribution in [0.1, 0.15) is 18.4 Å². The first-order valence-corrected chi connectivity index (χ1v) is 10.6. The number of hydrogen-bond acceptors (Lipinski definition) is 4. The van der Waals surface area contributed by atoms with Crippen molar-refractivity contribution in [3.05, 3.63) is 66.2 Å². The summed E-state index contributed by atoms with van der Waals surface area (Å²) < 4.78 is 1.65. The lowest BCUT2D eigenvalue weighted by molar-refractivity contribution is -0.129. The van der Waals surface area contributed by atoms with Gasteiger partial charge in [0.15, 0.2) is 0 Å². The molecule has 1 saturated carbocycles. The molecule has 1 aliphatic carbocycles. The first-order chi connectivity index (χ1) is 15.5. The topological polar surface area (TPSA) is 87.5 Å². The molecule has 2 aromatic carbocycles. The van der Waals surface area contributed by atoms with Crippen molar-refractivity contribution in [1.29, 1.82) is 0 Å². The zero-order valence-corrected chi connectivity index (χ0v) is 17.7. The lowest BCUT2D eigenvalue weighted by Crippen LogP contribution is -2.39. The van der Waals surface area contributed by atoms with E-state index in [9.17, 15) is 14.4 Å². The summed E-state index contributed by atoms with van der Waals surface area (Å²) in [6.07, 6.45) is 1.83. The predicted octanol–water partition coefficient (Wildman–Crippen LogP) is 3.21. The van der Waals surface area contributed by atoms with Gasteiger partial charge in [0.1, 0.15) is 18.9 Å². The molecule has 32 heavy (non-hydrogen) atoms. The molecule has 2 fully saturated rings. The Morgan fingerprint density at radius 2 is 1.78 bits per heavy atom. The first kappa shape index (κ1) is 20.0. The Kier molecular flexibility index (Phi) is 4.97. The molecule has 8 nitrogen and oxygen atoms in total. The molecule has 2 heterocycles. The predicted molar refractivity (Wildman–Crippen MR) is 119 cm³/mol. The normalized spacial score (nSPS) is 16.0. The molecule has 0 radical (unpaired) electrons. The van der Waals surface area contributed by atoms with Gasteiger partial charge in [-0.15, -0.1) is 0 Å². The zero-order chi connectivity index (χ0) is 22.2. The van der Waals surface area contributed by atoms with Gasteiger partial charge in [0, 0.05) is 17.7 Å². The van der Waals surface area contributed by atoms with Crippen molar-refractivity contribution in [3.63, 3.8) is 0 Å². The SMILES string of the molecule is Cc1ccc(-c2cc(NC(=O)CN3C(=O)CN(C4CC4)C3=O)n(-c3ccccc3)n2)cc1. The van der Waals surface area contributed by atoms with Crippen molar-refractivity contribution in [2.45, 2.75) is 25.8 Å². The van der Waals surface area contributed by atoms with Crippen LogP contribution in [0.2, 0.25) is 0 Å². The van der Waals surface area contributed by atoms with Gasteiger partial charge in [0.25, 0.3) is 5.91 Å². The van der Waals surface area contributed by atoms with E-state index < -0.39 is 5.91 Å². The molecule has 5 rings (SSSR count). The number of amides is 4. The Balaban J connectivity index is 1.39. The quantitative estimate of drug-likeness (QED) is 0.610. The number of aromatic nitrogens is 2. The maximum atomic E-state index is 12.8. The third-order valence-electron chi connectivity index (χ3n) is 5.70. The Morgan fingerprint density at radius 3 is 2.47 bits per heavy atom. The standard InChI is InChI=1S/C24H23N5O3/c1-16-7-9-17(10-8-16)20-13-21(29(26-20)19-5-3-2-4-6-19)25-22(30)14-28-23(31)15-27(24(28)32)18-11-12-18/h2-10,13,18H,11-12,14-15H2,1H3,(H,25,30). The van der Waals surface area contributed by atoms with Crippen LogP contribution in [-0.4, -0.2) is 56.6 Å². The highest BCUT2D eigenvalue weighted by molar-refractivity contribution is 6.06. The number of carbonyl (C=O) groups is 3. The maximum Gasteiger partial charge on any atom is 0.327 e. The Bertz CT molecular complexity index is 1180. The van der Waals surface area contributed by atoms with Crippen molar-refractivity contribution in [2.24, 2.45) is 0 Å². The fourth-order valence-electron chi connectivity index (χ4n) is 3.82. The van der Waals surface area contributed by atoms with E-state index in [4.69, 9.17) is 0 Å². The number of imide groups is 1. The fourth-order valence-corrected chi connectivity index (χ4v) is 3.82. The maximum absolute atomic E-state index is 12.8. The van der Waals surface area contributed by atoms with Crippen LogP contribution in [0.15, 0.2) is 60.7 Å².